The van der Waals surface area contributed by atoms with Crippen LogP contribution in [0.5, 0.6) is 0 Å². The van der Waals surface area contributed by atoms with E-state index in [0.717, 1.165) is 6.42 Å². The summed E-state index contributed by atoms with van der Waals surface area (Å²) in [5.41, 5.74) is 0. The summed E-state index contributed by atoms with van der Waals surface area (Å²) in [5, 5.41) is 8.69. The van der Waals surface area contributed by atoms with Crippen molar-refractivity contribution in [3.8, 4) is 0 Å². The molecule has 0 amide bonds. The largest absolute Gasteiger partial charge is 0.396 e. The topological polar surface area (TPSA) is 20.2 Å². The van der Waals surface area contributed by atoms with Gasteiger partial charge in [-0.25, -0.2) is 0 Å². The Labute approximate surface area is 140 Å². The van der Waals surface area contributed by atoms with Crippen molar-refractivity contribution in [1.82, 2.24) is 0 Å². The van der Waals surface area contributed by atoms with Crippen molar-refractivity contribution in [1.29, 1.82) is 0 Å². The van der Waals surface area contributed by atoms with E-state index in [-0.39, 0.29) is 0 Å². The molecule has 132 valence electrons. The van der Waals surface area contributed by atoms with Crippen LogP contribution in [0, 0.1) is 0 Å². The molecule has 0 aromatic carbocycles. The molecule has 0 aromatic heterocycles. The van der Waals surface area contributed by atoms with Gasteiger partial charge in [0.15, 0.2) is 0 Å². The summed E-state index contributed by atoms with van der Waals surface area (Å²) >= 11 is 0. The fourth-order valence-electron chi connectivity index (χ4n) is 2.89. The van der Waals surface area contributed by atoms with Crippen molar-refractivity contribution in [2.75, 3.05) is 6.61 Å². The highest BCUT2D eigenvalue weighted by atomic mass is 16.2. The highest BCUT2D eigenvalue weighted by Crippen LogP contribution is 2.11. The Morgan fingerprint density at radius 1 is 0.500 bits per heavy atom. The molecule has 22 heavy (non-hydrogen) atoms. The lowest BCUT2D eigenvalue weighted by Gasteiger charge is -2.00. The van der Waals surface area contributed by atoms with E-state index in [1.165, 1.54) is 103 Å². The lowest BCUT2D eigenvalue weighted by atomic mass is 10.1. The molecule has 0 heterocycles. The van der Waals surface area contributed by atoms with Crippen LogP contribution in [0.4, 0.5) is 0 Å². The van der Waals surface area contributed by atoms with E-state index in [1.54, 1.807) is 0 Å². The van der Waals surface area contributed by atoms with E-state index in [1.807, 2.05) is 0 Å². The summed E-state index contributed by atoms with van der Waals surface area (Å²) < 4.78 is 0. The van der Waals surface area contributed by atoms with Crippen molar-refractivity contribution in [2.24, 2.45) is 0 Å². The minimum atomic E-state index is 0.366. The Hall–Kier alpha value is -0.300. The van der Waals surface area contributed by atoms with Gasteiger partial charge in [-0.3, -0.25) is 0 Å². The first-order chi connectivity index (χ1) is 10.9. The second kappa shape index (κ2) is 20.7. The number of unbranched alkanes of at least 4 members (excludes halogenated alkanes) is 15. The minimum absolute atomic E-state index is 0.366. The Kier molecular flexibility index (Phi) is 20.4. The van der Waals surface area contributed by atoms with Crippen LogP contribution in [0.2, 0.25) is 0 Å². The molecule has 0 aromatic rings. The number of allylic oxidation sites excluding steroid dienone is 2. The number of hydrogen-bond acceptors (Lipinski definition) is 1. The zero-order chi connectivity index (χ0) is 16.1. The highest BCUT2D eigenvalue weighted by molar-refractivity contribution is 4.81. The second-order valence-electron chi connectivity index (χ2n) is 6.72. The normalized spacial score (nSPS) is 11.5. The van der Waals surface area contributed by atoms with Crippen LogP contribution in [0.25, 0.3) is 0 Å². The van der Waals surface area contributed by atoms with Crippen molar-refractivity contribution in [3.05, 3.63) is 12.2 Å². The van der Waals surface area contributed by atoms with Gasteiger partial charge in [-0.05, 0) is 32.1 Å². The first-order valence-corrected chi connectivity index (χ1v) is 10.2. The van der Waals surface area contributed by atoms with Crippen LogP contribution in [0.3, 0.4) is 0 Å². The molecule has 0 aliphatic heterocycles. The standard InChI is InChI=1S/C21H42O/c1-2-3-4-5-6-7-8-9-10-11-12-13-14-15-16-17-18-19-20-21-22/h10-11,22H,2-9,12-21H2,1H3/b11-10+. The van der Waals surface area contributed by atoms with Crippen LogP contribution in [0.1, 0.15) is 116 Å². The SMILES string of the molecule is CCCCCCCCC/C=C/CCCCCCCCCCO. The lowest BCUT2D eigenvalue weighted by Crippen LogP contribution is -1.84. The van der Waals surface area contributed by atoms with Gasteiger partial charge in [0.2, 0.25) is 0 Å². The number of aliphatic hydroxyl groups excluding tert-OH is 1. The average molecular weight is 311 g/mol. The molecule has 0 bridgehead atoms. The average Bonchev–Trinajstić information content (AvgIpc) is 2.54. The number of aliphatic hydroxyl groups is 1. The van der Waals surface area contributed by atoms with Crippen molar-refractivity contribution in [2.45, 2.75) is 116 Å². The molecule has 0 saturated heterocycles. The lowest BCUT2D eigenvalue weighted by molar-refractivity contribution is 0.282. The second-order valence-corrected chi connectivity index (χ2v) is 6.72. The Bertz CT molecular complexity index is 210. The molecule has 0 fully saturated rings. The van der Waals surface area contributed by atoms with E-state index in [9.17, 15) is 0 Å². The molecule has 0 radical (unpaired) electrons. The van der Waals surface area contributed by atoms with E-state index < -0.39 is 0 Å². The summed E-state index contributed by atoms with van der Waals surface area (Å²) in [6.45, 7) is 2.65. The van der Waals surface area contributed by atoms with Crippen molar-refractivity contribution in [3.63, 3.8) is 0 Å². The Morgan fingerprint density at radius 2 is 0.864 bits per heavy atom. The summed E-state index contributed by atoms with van der Waals surface area (Å²) in [6.07, 6.45) is 27.7. The molecule has 1 heteroatoms. The first kappa shape index (κ1) is 21.7. The van der Waals surface area contributed by atoms with E-state index in [4.69, 9.17) is 5.11 Å². The van der Waals surface area contributed by atoms with Gasteiger partial charge in [0.25, 0.3) is 0 Å². The third kappa shape index (κ3) is 19.7. The van der Waals surface area contributed by atoms with Gasteiger partial charge in [-0.1, -0.05) is 96.1 Å². The van der Waals surface area contributed by atoms with Crippen molar-refractivity contribution < 1.29 is 5.11 Å². The summed E-state index contributed by atoms with van der Waals surface area (Å²) in [4.78, 5) is 0. The minimum Gasteiger partial charge on any atom is -0.396 e. The van der Waals surface area contributed by atoms with Crippen LogP contribution in [0.15, 0.2) is 12.2 Å². The molecule has 0 rings (SSSR count). The zero-order valence-electron chi connectivity index (χ0n) is 15.3. The van der Waals surface area contributed by atoms with Gasteiger partial charge in [0, 0.05) is 6.61 Å². The fraction of sp³-hybridized carbons (Fsp3) is 0.905. The van der Waals surface area contributed by atoms with Gasteiger partial charge in [0.05, 0.1) is 0 Å². The third-order valence-electron chi connectivity index (χ3n) is 4.42. The molecule has 0 saturated carbocycles. The van der Waals surface area contributed by atoms with E-state index in [2.05, 4.69) is 19.1 Å². The van der Waals surface area contributed by atoms with Gasteiger partial charge < -0.3 is 5.11 Å². The van der Waals surface area contributed by atoms with Crippen LogP contribution >= 0.6 is 0 Å². The zero-order valence-corrected chi connectivity index (χ0v) is 15.3. The van der Waals surface area contributed by atoms with Gasteiger partial charge >= 0.3 is 0 Å². The molecule has 1 N–H and O–H groups in total. The maximum Gasteiger partial charge on any atom is 0.0431 e. The molecule has 0 aliphatic rings. The molecule has 1 nitrogen and oxygen atoms in total. The quantitative estimate of drug-likeness (QED) is 0.210. The molecule has 0 unspecified atom stereocenters. The van der Waals surface area contributed by atoms with Gasteiger partial charge in [-0.15, -0.1) is 0 Å². The Morgan fingerprint density at radius 3 is 1.27 bits per heavy atom. The summed E-state index contributed by atoms with van der Waals surface area (Å²) in [6, 6.07) is 0. The Balaban J connectivity index is 3.02. The molecular formula is C21H42O. The van der Waals surface area contributed by atoms with E-state index in [0.29, 0.717) is 6.61 Å². The first-order valence-electron chi connectivity index (χ1n) is 10.2. The van der Waals surface area contributed by atoms with Crippen molar-refractivity contribution >= 4 is 0 Å². The molecule has 0 atom stereocenters. The molecule has 0 spiro atoms. The fourth-order valence-corrected chi connectivity index (χ4v) is 2.89. The predicted molar refractivity (Wildman–Crippen MR) is 100 cm³/mol. The smallest absolute Gasteiger partial charge is 0.0431 e. The predicted octanol–water partition coefficient (Wildman–Crippen LogP) is 7.19. The summed E-state index contributed by atoms with van der Waals surface area (Å²) in [7, 11) is 0. The summed E-state index contributed by atoms with van der Waals surface area (Å²) in [5.74, 6) is 0. The highest BCUT2D eigenvalue weighted by Gasteiger charge is 1.92. The van der Waals surface area contributed by atoms with Crippen LogP contribution in [-0.2, 0) is 0 Å². The monoisotopic (exact) mass is 310 g/mol. The molecular weight excluding hydrogens is 268 g/mol. The van der Waals surface area contributed by atoms with Crippen LogP contribution in [-0.4, -0.2) is 11.7 Å². The maximum atomic E-state index is 8.69. The maximum absolute atomic E-state index is 8.69. The van der Waals surface area contributed by atoms with Crippen LogP contribution < -0.4 is 0 Å². The van der Waals surface area contributed by atoms with Gasteiger partial charge in [-0.2, -0.15) is 0 Å². The number of hydrogen-bond donors (Lipinski definition) is 1. The third-order valence-corrected chi connectivity index (χ3v) is 4.42. The molecule has 0 aliphatic carbocycles. The number of rotatable bonds is 18. The van der Waals surface area contributed by atoms with E-state index >= 15 is 0 Å². The van der Waals surface area contributed by atoms with Gasteiger partial charge in [0.1, 0.15) is 0 Å².